The van der Waals surface area contributed by atoms with Crippen LogP contribution in [0, 0.1) is 11.3 Å². The van der Waals surface area contributed by atoms with Crippen molar-refractivity contribution in [3.05, 3.63) is 22.0 Å². The summed E-state index contributed by atoms with van der Waals surface area (Å²) in [5.74, 6) is -0.402. The van der Waals surface area contributed by atoms with Crippen LogP contribution >= 0.6 is 0 Å². The van der Waals surface area contributed by atoms with Gasteiger partial charge in [-0.25, -0.2) is 0 Å². The standard InChI is InChI=1S/C7H7N3O2/c1-10-6(12)2-5(11)4(3-8)7(10)9/h2,11H,9H2,1H3. The zero-order valence-corrected chi connectivity index (χ0v) is 6.40. The zero-order chi connectivity index (χ0) is 9.30. The van der Waals surface area contributed by atoms with Crippen molar-refractivity contribution in [3.63, 3.8) is 0 Å². The molecule has 0 atom stereocenters. The van der Waals surface area contributed by atoms with Crippen LogP contribution in [0.2, 0.25) is 0 Å². The van der Waals surface area contributed by atoms with E-state index in [1.165, 1.54) is 7.05 Å². The fourth-order valence-corrected chi connectivity index (χ4v) is 0.818. The maximum absolute atomic E-state index is 10.9. The quantitative estimate of drug-likeness (QED) is 0.544. The summed E-state index contributed by atoms with van der Waals surface area (Å²) in [6.45, 7) is 0. The third-order valence-electron chi connectivity index (χ3n) is 1.58. The third kappa shape index (κ3) is 0.992. The van der Waals surface area contributed by atoms with Gasteiger partial charge in [-0.1, -0.05) is 0 Å². The fraction of sp³-hybridized carbons (Fsp3) is 0.143. The molecular formula is C7H7N3O2. The Morgan fingerprint density at radius 2 is 2.33 bits per heavy atom. The number of aromatic nitrogens is 1. The Kier molecular flexibility index (Phi) is 1.75. The van der Waals surface area contributed by atoms with Crippen molar-refractivity contribution in [1.29, 1.82) is 5.26 Å². The number of anilines is 1. The lowest BCUT2D eigenvalue weighted by Crippen LogP contribution is -2.19. The molecule has 0 spiro atoms. The van der Waals surface area contributed by atoms with E-state index in [4.69, 9.17) is 16.1 Å². The molecule has 1 heterocycles. The monoisotopic (exact) mass is 165 g/mol. The third-order valence-corrected chi connectivity index (χ3v) is 1.58. The average Bonchev–Trinajstić information content (AvgIpc) is 2.01. The van der Waals surface area contributed by atoms with Crippen LogP contribution in [0.1, 0.15) is 5.56 Å². The molecule has 0 unspecified atom stereocenters. The number of aromatic hydroxyl groups is 1. The molecule has 0 saturated carbocycles. The minimum absolute atomic E-state index is 0.0255. The van der Waals surface area contributed by atoms with Crippen LogP contribution in [0.25, 0.3) is 0 Å². The van der Waals surface area contributed by atoms with Crippen molar-refractivity contribution in [2.45, 2.75) is 0 Å². The molecule has 0 amide bonds. The Morgan fingerprint density at radius 1 is 1.75 bits per heavy atom. The summed E-state index contributed by atoms with van der Waals surface area (Å²) in [6.07, 6.45) is 0. The van der Waals surface area contributed by atoms with E-state index >= 15 is 0 Å². The fourth-order valence-electron chi connectivity index (χ4n) is 0.818. The van der Waals surface area contributed by atoms with Gasteiger partial charge in [-0.3, -0.25) is 9.36 Å². The molecule has 0 aliphatic carbocycles. The summed E-state index contributed by atoms with van der Waals surface area (Å²) in [4.78, 5) is 10.9. The normalized spacial score (nSPS) is 9.33. The molecule has 0 aliphatic rings. The Bertz CT molecular complexity index is 414. The van der Waals surface area contributed by atoms with Gasteiger partial charge in [0.15, 0.2) is 0 Å². The van der Waals surface area contributed by atoms with Gasteiger partial charge in [0.2, 0.25) is 0 Å². The zero-order valence-electron chi connectivity index (χ0n) is 6.40. The van der Waals surface area contributed by atoms with Gasteiger partial charge in [0, 0.05) is 13.1 Å². The first-order chi connectivity index (χ1) is 5.57. The minimum Gasteiger partial charge on any atom is -0.506 e. The van der Waals surface area contributed by atoms with Crippen molar-refractivity contribution in [1.82, 2.24) is 4.57 Å². The second-order valence-corrected chi connectivity index (χ2v) is 2.30. The number of pyridine rings is 1. The number of rotatable bonds is 0. The van der Waals surface area contributed by atoms with Crippen LogP contribution in [-0.4, -0.2) is 9.67 Å². The van der Waals surface area contributed by atoms with E-state index in [0.29, 0.717) is 0 Å². The Balaban J connectivity index is 3.66. The van der Waals surface area contributed by atoms with Crippen LogP contribution in [0.15, 0.2) is 10.9 Å². The van der Waals surface area contributed by atoms with Crippen LogP contribution in [0.4, 0.5) is 5.82 Å². The number of nitrogens with zero attached hydrogens (tertiary/aromatic N) is 2. The molecule has 0 fully saturated rings. The second kappa shape index (κ2) is 2.58. The molecule has 5 heteroatoms. The first kappa shape index (κ1) is 8.14. The van der Waals surface area contributed by atoms with Crippen molar-refractivity contribution < 1.29 is 5.11 Å². The summed E-state index contributed by atoms with van der Waals surface area (Å²) in [5, 5.41) is 17.6. The lowest BCUT2D eigenvalue weighted by molar-refractivity contribution is 0.471. The molecule has 1 aromatic rings. The highest BCUT2D eigenvalue weighted by Crippen LogP contribution is 2.17. The van der Waals surface area contributed by atoms with E-state index in [1.807, 2.05) is 0 Å². The summed E-state index contributed by atoms with van der Waals surface area (Å²) in [6, 6.07) is 2.65. The van der Waals surface area contributed by atoms with Gasteiger partial charge < -0.3 is 10.8 Å². The predicted molar refractivity (Wildman–Crippen MR) is 42.5 cm³/mol. The maximum atomic E-state index is 10.9. The number of nitrogens with two attached hydrogens (primary N) is 1. The van der Waals surface area contributed by atoms with E-state index in [9.17, 15) is 4.79 Å². The molecule has 0 radical (unpaired) electrons. The molecule has 1 aromatic heterocycles. The summed E-state index contributed by atoms with van der Waals surface area (Å²) >= 11 is 0. The lowest BCUT2D eigenvalue weighted by atomic mass is 10.2. The molecular weight excluding hydrogens is 158 g/mol. The van der Waals surface area contributed by atoms with E-state index in [2.05, 4.69) is 0 Å². The van der Waals surface area contributed by atoms with Gasteiger partial charge >= 0.3 is 0 Å². The van der Waals surface area contributed by atoms with Crippen LogP contribution in [0.5, 0.6) is 5.75 Å². The molecule has 3 N–H and O–H groups in total. The molecule has 0 bridgehead atoms. The number of nitriles is 1. The molecule has 1 rings (SSSR count). The van der Waals surface area contributed by atoms with Crippen LogP contribution < -0.4 is 11.3 Å². The Hall–Kier alpha value is -1.96. The second-order valence-electron chi connectivity index (χ2n) is 2.30. The van der Waals surface area contributed by atoms with E-state index in [0.717, 1.165) is 10.6 Å². The maximum Gasteiger partial charge on any atom is 0.255 e. The topological polar surface area (TPSA) is 92.0 Å². The average molecular weight is 165 g/mol. The predicted octanol–water partition coefficient (Wildman–Crippen LogP) is -0.455. The molecule has 5 nitrogen and oxygen atoms in total. The molecule has 0 aliphatic heterocycles. The highest BCUT2D eigenvalue weighted by Gasteiger charge is 2.08. The molecule has 12 heavy (non-hydrogen) atoms. The SMILES string of the molecule is Cn1c(N)c(C#N)c(O)cc1=O. The van der Waals surface area contributed by atoms with Gasteiger partial charge in [0.1, 0.15) is 23.2 Å². The van der Waals surface area contributed by atoms with Crippen molar-refractivity contribution in [2.75, 3.05) is 5.73 Å². The molecule has 0 aromatic carbocycles. The Labute approximate surface area is 68.3 Å². The highest BCUT2D eigenvalue weighted by atomic mass is 16.3. The van der Waals surface area contributed by atoms with Gasteiger partial charge in [-0.2, -0.15) is 5.26 Å². The van der Waals surface area contributed by atoms with Crippen LogP contribution in [0.3, 0.4) is 0 Å². The van der Waals surface area contributed by atoms with Gasteiger partial charge in [0.05, 0.1) is 0 Å². The Morgan fingerprint density at radius 3 is 2.83 bits per heavy atom. The smallest absolute Gasteiger partial charge is 0.255 e. The summed E-state index contributed by atoms with van der Waals surface area (Å²) in [7, 11) is 1.43. The van der Waals surface area contributed by atoms with Crippen molar-refractivity contribution in [2.24, 2.45) is 7.05 Å². The van der Waals surface area contributed by atoms with Crippen molar-refractivity contribution in [3.8, 4) is 11.8 Å². The number of hydrogen-bond donors (Lipinski definition) is 2. The minimum atomic E-state index is -0.441. The van der Waals surface area contributed by atoms with E-state index in [1.54, 1.807) is 6.07 Å². The van der Waals surface area contributed by atoms with E-state index in [-0.39, 0.29) is 17.1 Å². The van der Waals surface area contributed by atoms with Gasteiger partial charge in [0.25, 0.3) is 5.56 Å². The first-order valence-corrected chi connectivity index (χ1v) is 3.16. The van der Waals surface area contributed by atoms with Crippen LogP contribution in [-0.2, 0) is 7.05 Å². The number of nitrogen functional groups attached to an aromatic ring is 1. The molecule has 0 saturated heterocycles. The van der Waals surface area contributed by atoms with E-state index < -0.39 is 5.56 Å². The van der Waals surface area contributed by atoms with Crippen molar-refractivity contribution >= 4 is 5.82 Å². The highest BCUT2D eigenvalue weighted by molar-refractivity contribution is 5.56. The molecule has 62 valence electrons. The summed E-state index contributed by atoms with van der Waals surface area (Å²) in [5.41, 5.74) is 4.86. The largest absolute Gasteiger partial charge is 0.506 e. The number of hydrogen-bond acceptors (Lipinski definition) is 4. The first-order valence-electron chi connectivity index (χ1n) is 3.16. The van der Waals surface area contributed by atoms with Gasteiger partial charge in [-0.15, -0.1) is 0 Å². The lowest BCUT2D eigenvalue weighted by Gasteiger charge is -2.04. The van der Waals surface area contributed by atoms with Gasteiger partial charge in [-0.05, 0) is 0 Å². The summed E-state index contributed by atoms with van der Waals surface area (Å²) < 4.78 is 1.10.